The molecule has 0 aliphatic heterocycles. The smallest absolute Gasteiger partial charge is 0.475 e. The summed E-state index contributed by atoms with van der Waals surface area (Å²) < 4.78 is 62.3. The summed E-state index contributed by atoms with van der Waals surface area (Å²) >= 11 is 0. The molecule has 0 spiro atoms. The molecule has 1 unspecified atom stereocenters. The van der Waals surface area contributed by atoms with Crippen molar-refractivity contribution in [1.82, 2.24) is 9.71 Å². The standard InChI is InChI=1S/C11H17N3O5S.C2HF3O2/c1-2-19-7-5-8(12)10(15)14-20(17,18)9-4-3-6-13-11(9)16;3-2(4,5)1(6)7/h3-4,6,8H,2,5,7,12H2,1H3,(H,13,16)(H,14,15);(H,6,7). The molecule has 0 aromatic carbocycles. The lowest BCUT2D eigenvalue weighted by molar-refractivity contribution is -0.192. The number of alkyl halides is 3. The summed E-state index contributed by atoms with van der Waals surface area (Å²) in [7, 11) is -4.23. The van der Waals surface area contributed by atoms with E-state index in [1.54, 1.807) is 11.6 Å². The van der Waals surface area contributed by atoms with Crippen molar-refractivity contribution in [3.8, 4) is 0 Å². The minimum Gasteiger partial charge on any atom is -0.475 e. The van der Waals surface area contributed by atoms with Gasteiger partial charge in [0.05, 0.1) is 6.04 Å². The van der Waals surface area contributed by atoms with Crippen molar-refractivity contribution >= 4 is 21.9 Å². The summed E-state index contributed by atoms with van der Waals surface area (Å²) in [6.45, 7) is 2.51. The fourth-order valence-corrected chi connectivity index (χ4v) is 2.45. The van der Waals surface area contributed by atoms with E-state index in [-0.39, 0.29) is 13.0 Å². The molecule has 1 aromatic rings. The fourth-order valence-electron chi connectivity index (χ4n) is 1.37. The number of carboxylic acid groups (broad SMARTS) is 1. The van der Waals surface area contributed by atoms with E-state index in [2.05, 4.69) is 4.98 Å². The van der Waals surface area contributed by atoms with E-state index < -0.39 is 44.6 Å². The van der Waals surface area contributed by atoms with Gasteiger partial charge in [0.2, 0.25) is 0 Å². The van der Waals surface area contributed by atoms with Gasteiger partial charge in [-0.2, -0.15) is 13.2 Å². The second-order valence-corrected chi connectivity index (χ2v) is 6.38. The van der Waals surface area contributed by atoms with Crippen LogP contribution in [0.1, 0.15) is 13.3 Å². The van der Waals surface area contributed by atoms with Crippen molar-refractivity contribution in [2.45, 2.75) is 30.5 Å². The molecular formula is C13H18F3N3O7S. The molecule has 10 nitrogen and oxygen atoms in total. The number of sulfonamides is 1. The van der Waals surface area contributed by atoms with Crippen LogP contribution in [0.3, 0.4) is 0 Å². The minimum atomic E-state index is -5.08. The number of ether oxygens (including phenoxy) is 1. The number of aliphatic carboxylic acids is 1. The van der Waals surface area contributed by atoms with Gasteiger partial charge in [-0.05, 0) is 25.5 Å². The summed E-state index contributed by atoms with van der Waals surface area (Å²) in [6, 6.07) is 1.41. The van der Waals surface area contributed by atoms with Gasteiger partial charge < -0.3 is 20.6 Å². The van der Waals surface area contributed by atoms with Crippen molar-refractivity contribution in [2.24, 2.45) is 5.73 Å². The molecule has 154 valence electrons. The average Bonchev–Trinajstić information content (AvgIpc) is 2.54. The number of nitrogens with two attached hydrogens (primary N) is 1. The Morgan fingerprint density at radius 1 is 1.41 bits per heavy atom. The Bertz CT molecular complexity index is 793. The molecule has 5 N–H and O–H groups in total. The third-order valence-corrected chi connectivity index (χ3v) is 4.03. The van der Waals surface area contributed by atoms with Crippen molar-refractivity contribution in [3.05, 3.63) is 28.7 Å². The highest BCUT2D eigenvalue weighted by molar-refractivity contribution is 7.90. The van der Waals surface area contributed by atoms with Crippen molar-refractivity contribution in [2.75, 3.05) is 13.2 Å². The van der Waals surface area contributed by atoms with Gasteiger partial charge in [0.1, 0.15) is 0 Å². The summed E-state index contributed by atoms with van der Waals surface area (Å²) in [5, 5.41) is 7.12. The van der Waals surface area contributed by atoms with Gasteiger partial charge in [-0.1, -0.05) is 0 Å². The van der Waals surface area contributed by atoms with Crippen LogP contribution in [0.2, 0.25) is 0 Å². The van der Waals surface area contributed by atoms with Crippen LogP contribution in [-0.2, 0) is 24.3 Å². The average molecular weight is 417 g/mol. The van der Waals surface area contributed by atoms with Gasteiger partial charge in [-0.3, -0.25) is 9.59 Å². The molecule has 0 aliphatic carbocycles. The third kappa shape index (κ3) is 9.16. The topological polar surface area (TPSA) is 169 Å². The molecule has 0 saturated heterocycles. The molecule has 14 heteroatoms. The van der Waals surface area contributed by atoms with E-state index in [0.717, 1.165) is 6.07 Å². The molecule has 1 aromatic heterocycles. The number of aromatic nitrogens is 1. The largest absolute Gasteiger partial charge is 0.490 e. The number of nitrogens with one attached hydrogen (secondary N) is 2. The molecule has 0 radical (unpaired) electrons. The van der Waals surface area contributed by atoms with Crippen molar-refractivity contribution < 1.29 is 41.0 Å². The highest BCUT2D eigenvalue weighted by atomic mass is 32.2. The molecule has 0 bridgehead atoms. The number of carbonyl (C=O) groups excluding carboxylic acids is 1. The number of rotatable bonds is 7. The lowest BCUT2D eigenvalue weighted by atomic mass is 10.2. The molecule has 0 fully saturated rings. The van der Waals surface area contributed by atoms with Crippen LogP contribution >= 0.6 is 0 Å². The van der Waals surface area contributed by atoms with Crippen LogP contribution in [0.15, 0.2) is 28.0 Å². The number of aromatic amines is 1. The molecule has 0 aliphatic rings. The van der Waals surface area contributed by atoms with Gasteiger partial charge in [-0.25, -0.2) is 17.9 Å². The Kier molecular flexibility index (Phi) is 9.67. The number of hydrogen-bond acceptors (Lipinski definition) is 7. The molecule has 27 heavy (non-hydrogen) atoms. The first-order valence-corrected chi connectivity index (χ1v) is 8.69. The number of carbonyl (C=O) groups is 2. The van der Waals surface area contributed by atoms with E-state index in [9.17, 15) is 31.2 Å². The number of halogens is 3. The maximum absolute atomic E-state index is 11.9. The second-order valence-electron chi connectivity index (χ2n) is 4.73. The lowest BCUT2D eigenvalue weighted by Crippen LogP contribution is -2.44. The van der Waals surface area contributed by atoms with E-state index in [1.807, 2.05) is 0 Å². The molecule has 1 amide bonds. The van der Waals surface area contributed by atoms with Crippen LogP contribution in [-0.4, -0.2) is 55.8 Å². The van der Waals surface area contributed by atoms with Crippen molar-refractivity contribution in [3.63, 3.8) is 0 Å². The molecular weight excluding hydrogens is 399 g/mol. The van der Waals surface area contributed by atoms with Crippen LogP contribution in [0.4, 0.5) is 13.2 Å². The Morgan fingerprint density at radius 2 is 1.96 bits per heavy atom. The lowest BCUT2D eigenvalue weighted by Gasteiger charge is -2.12. The highest BCUT2D eigenvalue weighted by Gasteiger charge is 2.38. The first kappa shape index (κ1) is 24.6. The Morgan fingerprint density at radius 3 is 2.41 bits per heavy atom. The zero-order chi connectivity index (χ0) is 21.3. The highest BCUT2D eigenvalue weighted by Crippen LogP contribution is 2.13. The third-order valence-electron chi connectivity index (χ3n) is 2.66. The number of H-pyrrole nitrogens is 1. The van der Waals surface area contributed by atoms with Crippen LogP contribution in [0.5, 0.6) is 0 Å². The number of carboxylic acids is 1. The summed E-state index contributed by atoms with van der Waals surface area (Å²) in [6.07, 6.45) is -3.61. The normalized spacial score (nSPS) is 12.5. The van der Waals surface area contributed by atoms with E-state index in [0.29, 0.717) is 6.61 Å². The van der Waals surface area contributed by atoms with Gasteiger partial charge in [0.15, 0.2) is 4.90 Å². The first-order valence-electron chi connectivity index (χ1n) is 7.20. The molecule has 0 saturated carbocycles. The monoisotopic (exact) mass is 417 g/mol. The molecule has 1 rings (SSSR count). The quantitative estimate of drug-likeness (QED) is 0.433. The zero-order valence-electron chi connectivity index (χ0n) is 13.9. The predicted octanol–water partition coefficient (Wildman–Crippen LogP) is -0.433. The van der Waals surface area contributed by atoms with Crippen LogP contribution in [0, 0.1) is 0 Å². The fraction of sp³-hybridized carbons (Fsp3) is 0.462. The molecule has 1 heterocycles. The van der Waals surface area contributed by atoms with Crippen LogP contribution < -0.4 is 16.0 Å². The Labute approximate surface area is 151 Å². The van der Waals surface area contributed by atoms with E-state index >= 15 is 0 Å². The van der Waals surface area contributed by atoms with Gasteiger partial charge in [0.25, 0.3) is 21.5 Å². The maximum Gasteiger partial charge on any atom is 0.490 e. The summed E-state index contributed by atoms with van der Waals surface area (Å²) in [5.74, 6) is -3.64. The number of hydrogen-bond donors (Lipinski definition) is 4. The van der Waals surface area contributed by atoms with Gasteiger partial charge in [-0.15, -0.1) is 0 Å². The molecule has 1 atom stereocenters. The van der Waals surface area contributed by atoms with Crippen LogP contribution in [0.25, 0.3) is 0 Å². The number of pyridine rings is 1. The van der Waals surface area contributed by atoms with Gasteiger partial charge >= 0.3 is 12.1 Å². The predicted molar refractivity (Wildman–Crippen MR) is 85.2 cm³/mol. The Balaban J connectivity index is 0.000000821. The first-order chi connectivity index (χ1) is 12.3. The second kappa shape index (κ2) is 10.6. The van der Waals surface area contributed by atoms with Gasteiger partial charge in [0, 0.05) is 19.4 Å². The SMILES string of the molecule is CCOCCC(N)C(=O)NS(=O)(=O)c1ccc[nH]c1=O.O=C(O)C(F)(F)F. The number of amides is 1. The Hall–Kier alpha value is -2.45. The zero-order valence-corrected chi connectivity index (χ0v) is 14.8. The summed E-state index contributed by atoms with van der Waals surface area (Å²) in [5.41, 5.74) is 4.73. The van der Waals surface area contributed by atoms with Crippen molar-refractivity contribution in [1.29, 1.82) is 0 Å². The summed E-state index contributed by atoms with van der Waals surface area (Å²) in [4.78, 5) is 33.6. The maximum atomic E-state index is 11.9. The van der Waals surface area contributed by atoms with E-state index in [1.165, 1.54) is 12.3 Å². The minimum absolute atomic E-state index is 0.181. The van der Waals surface area contributed by atoms with E-state index in [4.69, 9.17) is 20.4 Å².